The molecule has 0 bridgehead atoms. The Labute approximate surface area is 207 Å². The number of amides is 2. The van der Waals surface area contributed by atoms with Gasteiger partial charge in [0, 0.05) is 50.8 Å². The monoisotopic (exact) mass is 483 g/mol. The van der Waals surface area contributed by atoms with Crippen LogP contribution in [0.2, 0.25) is 5.02 Å². The maximum atomic E-state index is 12.8. The SMILES string of the molecule is CC(=O)N1CCCCC1C(=O)Nc1ccc(OC2CCN(c3ccc(C)cc3C)CC2)c(Cl)c1. The summed E-state index contributed by atoms with van der Waals surface area (Å²) in [5.41, 5.74) is 4.49. The zero-order valence-electron chi connectivity index (χ0n) is 20.3. The van der Waals surface area contributed by atoms with Crippen LogP contribution in [0.5, 0.6) is 5.75 Å². The molecule has 182 valence electrons. The van der Waals surface area contributed by atoms with E-state index >= 15 is 0 Å². The molecule has 0 aliphatic carbocycles. The Balaban J connectivity index is 1.33. The molecule has 2 saturated heterocycles. The third-order valence-electron chi connectivity index (χ3n) is 6.84. The van der Waals surface area contributed by atoms with Crippen LogP contribution in [0.4, 0.5) is 11.4 Å². The van der Waals surface area contributed by atoms with Crippen LogP contribution in [0, 0.1) is 13.8 Å². The maximum Gasteiger partial charge on any atom is 0.247 e. The summed E-state index contributed by atoms with van der Waals surface area (Å²) in [4.78, 5) is 28.8. The fourth-order valence-corrected chi connectivity index (χ4v) is 5.26. The summed E-state index contributed by atoms with van der Waals surface area (Å²) >= 11 is 6.51. The number of ether oxygens (including phenoxy) is 1. The van der Waals surface area contributed by atoms with E-state index in [-0.39, 0.29) is 17.9 Å². The van der Waals surface area contributed by atoms with E-state index in [9.17, 15) is 9.59 Å². The molecule has 0 saturated carbocycles. The lowest BCUT2D eigenvalue weighted by atomic mass is 10.0. The number of hydrogen-bond acceptors (Lipinski definition) is 4. The number of nitrogens with zero attached hydrogens (tertiary/aromatic N) is 2. The van der Waals surface area contributed by atoms with Gasteiger partial charge in [0.15, 0.2) is 0 Å². The van der Waals surface area contributed by atoms with E-state index in [0.717, 1.165) is 38.8 Å². The normalized spacial score (nSPS) is 19.1. The van der Waals surface area contributed by atoms with Crippen LogP contribution >= 0.6 is 11.6 Å². The molecular formula is C27H34ClN3O3. The molecule has 0 aromatic heterocycles. The van der Waals surface area contributed by atoms with Crippen molar-refractivity contribution in [3.63, 3.8) is 0 Å². The lowest BCUT2D eigenvalue weighted by Gasteiger charge is -2.35. The molecule has 7 heteroatoms. The second-order valence-electron chi connectivity index (χ2n) is 9.45. The Morgan fingerprint density at radius 2 is 1.76 bits per heavy atom. The smallest absolute Gasteiger partial charge is 0.247 e. The number of benzene rings is 2. The molecule has 2 aliphatic heterocycles. The van der Waals surface area contributed by atoms with Gasteiger partial charge in [-0.05, 0) is 62.9 Å². The minimum atomic E-state index is -0.427. The molecule has 2 heterocycles. The summed E-state index contributed by atoms with van der Waals surface area (Å²) < 4.78 is 6.22. The van der Waals surface area contributed by atoms with Crippen molar-refractivity contribution in [2.24, 2.45) is 0 Å². The second-order valence-corrected chi connectivity index (χ2v) is 9.86. The number of hydrogen-bond donors (Lipinski definition) is 1. The van der Waals surface area contributed by atoms with Crippen molar-refractivity contribution in [2.45, 2.75) is 65.0 Å². The predicted molar refractivity (Wildman–Crippen MR) is 137 cm³/mol. The number of nitrogens with one attached hydrogen (secondary N) is 1. The maximum absolute atomic E-state index is 12.8. The molecule has 2 aromatic carbocycles. The number of piperidine rings is 2. The Bertz CT molecular complexity index is 1050. The number of anilines is 2. The lowest BCUT2D eigenvalue weighted by Crippen LogP contribution is -2.49. The summed E-state index contributed by atoms with van der Waals surface area (Å²) in [6, 6.07) is 11.5. The molecule has 1 N–H and O–H groups in total. The average molecular weight is 484 g/mol. The van der Waals surface area contributed by atoms with E-state index in [1.54, 1.807) is 11.0 Å². The molecule has 1 unspecified atom stereocenters. The Hall–Kier alpha value is -2.73. The molecule has 4 rings (SSSR count). The third-order valence-corrected chi connectivity index (χ3v) is 7.13. The standard InChI is InChI=1S/C27H34ClN3O3/c1-18-7-9-24(19(2)16-18)30-14-11-22(12-15-30)34-26-10-8-21(17-23(26)28)29-27(33)25-6-4-5-13-31(25)20(3)32/h7-10,16-17,22,25H,4-6,11-15H2,1-3H3,(H,29,33). The van der Waals surface area contributed by atoms with Crippen LogP contribution in [0.25, 0.3) is 0 Å². The summed E-state index contributed by atoms with van der Waals surface area (Å²) in [5.74, 6) is 0.399. The molecule has 6 nitrogen and oxygen atoms in total. The van der Waals surface area contributed by atoms with Crippen LogP contribution in [0.3, 0.4) is 0 Å². The molecule has 0 spiro atoms. The zero-order valence-corrected chi connectivity index (χ0v) is 21.0. The molecule has 34 heavy (non-hydrogen) atoms. The van der Waals surface area contributed by atoms with Crippen LogP contribution in [0.1, 0.15) is 50.2 Å². The molecule has 2 amide bonds. The minimum absolute atomic E-state index is 0.0646. The average Bonchev–Trinajstić information content (AvgIpc) is 2.81. The Morgan fingerprint density at radius 1 is 1.00 bits per heavy atom. The fourth-order valence-electron chi connectivity index (χ4n) is 5.04. The van der Waals surface area contributed by atoms with Crippen LogP contribution in [-0.4, -0.2) is 48.5 Å². The summed E-state index contributed by atoms with van der Waals surface area (Å²) in [6.45, 7) is 8.30. The number of carbonyl (C=O) groups excluding carboxylic acids is 2. The minimum Gasteiger partial charge on any atom is -0.489 e. The van der Waals surface area contributed by atoms with E-state index in [4.69, 9.17) is 16.3 Å². The molecule has 0 radical (unpaired) electrons. The second kappa shape index (κ2) is 10.7. The zero-order chi connectivity index (χ0) is 24.2. The van der Waals surface area contributed by atoms with Crippen LogP contribution < -0.4 is 15.0 Å². The van der Waals surface area contributed by atoms with E-state index in [2.05, 4.69) is 42.3 Å². The summed E-state index contributed by atoms with van der Waals surface area (Å²) in [6.07, 6.45) is 4.50. The fraction of sp³-hybridized carbons (Fsp3) is 0.481. The van der Waals surface area contributed by atoms with Gasteiger partial charge in [0.2, 0.25) is 11.8 Å². The predicted octanol–water partition coefficient (Wildman–Crippen LogP) is 5.34. The molecule has 2 fully saturated rings. The highest BCUT2D eigenvalue weighted by molar-refractivity contribution is 6.32. The van der Waals surface area contributed by atoms with E-state index in [1.165, 1.54) is 23.7 Å². The van der Waals surface area contributed by atoms with Gasteiger partial charge in [-0.2, -0.15) is 0 Å². The number of aryl methyl sites for hydroxylation is 2. The van der Waals surface area contributed by atoms with Crippen LogP contribution in [-0.2, 0) is 9.59 Å². The van der Waals surface area contributed by atoms with Crippen molar-refractivity contribution in [1.82, 2.24) is 4.90 Å². The van der Waals surface area contributed by atoms with Crippen molar-refractivity contribution in [1.29, 1.82) is 0 Å². The van der Waals surface area contributed by atoms with Gasteiger partial charge in [-0.25, -0.2) is 0 Å². The van der Waals surface area contributed by atoms with E-state index < -0.39 is 6.04 Å². The summed E-state index contributed by atoms with van der Waals surface area (Å²) in [7, 11) is 0. The van der Waals surface area contributed by atoms with Gasteiger partial charge in [0.05, 0.1) is 5.02 Å². The first-order valence-corrected chi connectivity index (χ1v) is 12.6. The Kier molecular flexibility index (Phi) is 7.67. The van der Waals surface area contributed by atoms with E-state index in [1.807, 2.05) is 12.1 Å². The number of carbonyl (C=O) groups is 2. The lowest BCUT2D eigenvalue weighted by molar-refractivity contribution is -0.138. The topological polar surface area (TPSA) is 61.9 Å². The molecular weight excluding hydrogens is 450 g/mol. The van der Waals surface area contributed by atoms with Gasteiger partial charge in [-0.1, -0.05) is 29.3 Å². The van der Waals surface area contributed by atoms with Crippen molar-refractivity contribution >= 4 is 34.8 Å². The van der Waals surface area contributed by atoms with Crippen molar-refractivity contribution in [3.8, 4) is 5.75 Å². The highest BCUT2D eigenvalue weighted by Crippen LogP contribution is 2.32. The number of likely N-dealkylation sites (tertiary alicyclic amines) is 1. The van der Waals surface area contributed by atoms with Gasteiger partial charge in [0.25, 0.3) is 0 Å². The molecule has 1 atom stereocenters. The highest BCUT2D eigenvalue weighted by Gasteiger charge is 2.30. The highest BCUT2D eigenvalue weighted by atomic mass is 35.5. The first kappa shape index (κ1) is 24.4. The third kappa shape index (κ3) is 5.66. The van der Waals surface area contributed by atoms with Gasteiger partial charge < -0.3 is 19.9 Å². The number of halogens is 1. The molecule has 2 aromatic rings. The quantitative estimate of drug-likeness (QED) is 0.623. The van der Waals surface area contributed by atoms with Crippen molar-refractivity contribution in [2.75, 3.05) is 29.9 Å². The van der Waals surface area contributed by atoms with Gasteiger partial charge >= 0.3 is 0 Å². The van der Waals surface area contributed by atoms with Crippen molar-refractivity contribution in [3.05, 3.63) is 52.5 Å². The molecule has 2 aliphatic rings. The Morgan fingerprint density at radius 3 is 2.44 bits per heavy atom. The van der Waals surface area contributed by atoms with Gasteiger partial charge in [-0.15, -0.1) is 0 Å². The van der Waals surface area contributed by atoms with Gasteiger partial charge in [0.1, 0.15) is 17.9 Å². The van der Waals surface area contributed by atoms with Crippen LogP contribution in [0.15, 0.2) is 36.4 Å². The van der Waals surface area contributed by atoms with Crippen molar-refractivity contribution < 1.29 is 14.3 Å². The largest absolute Gasteiger partial charge is 0.489 e. The number of rotatable bonds is 5. The first-order chi connectivity index (χ1) is 16.3. The van der Waals surface area contributed by atoms with E-state index in [0.29, 0.717) is 29.4 Å². The van der Waals surface area contributed by atoms with Gasteiger partial charge in [-0.3, -0.25) is 9.59 Å². The summed E-state index contributed by atoms with van der Waals surface area (Å²) in [5, 5.41) is 3.40. The first-order valence-electron chi connectivity index (χ1n) is 12.2.